The van der Waals surface area contributed by atoms with Gasteiger partial charge < -0.3 is 5.32 Å². The molecule has 0 unspecified atom stereocenters. The van der Waals surface area contributed by atoms with Crippen molar-refractivity contribution in [3.05, 3.63) is 28.3 Å². The number of unbranched alkanes of at least 4 members (excludes halogenated alkanes) is 1. The summed E-state index contributed by atoms with van der Waals surface area (Å²) in [6.07, 6.45) is 3.09. The Kier molecular flexibility index (Phi) is 6.13. The molecule has 0 radical (unpaired) electrons. The van der Waals surface area contributed by atoms with Crippen LogP contribution in [0.25, 0.3) is 0 Å². The van der Waals surface area contributed by atoms with E-state index in [9.17, 15) is 18.5 Å². The third kappa shape index (κ3) is 4.89. The van der Waals surface area contributed by atoms with Crippen molar-refractivity contribution in [1.29, 1.82) is 0 Å². The topological polar surface area (TPSA) is 115 Å². The van der Waals surface area contributed by atoms with Crippen LogP contribution in [0.3, 0.4) is 0 Å². The van der Waals surface area contributed by atoms with Gasteiger partial charge in [0.1, 0.15) is 0 Å². The first kappa shape index (κ1) is 18.6. The van der Waals surface area contributed by atoms with Gasteiger partial charge in [-0.15, -0.1) is 10.2 Å². The molecule has 2 aromatic rings. The van der Waals surface area contributed by atoms with E-state index in [-0.39, 0.29) is 10.6 Å². The van der Waals surface area contributed by atoms with Crippen molar-refractivity contribution in [3.8, 4) is 0 Å². The van der Waals surface area contributed by atoms with Crippen molar-refractivity contribution in [2.24, 2.45) is 0 Å². The summed E-state index contributed by atoms with van der Waals surface area (Å²) in [5.41, 5.74) is -0.265. The third-order valence-corrected chi connectivity index (χ3v) is 6.07. The monoisotopic (exact) mass is 388 g/mol. The molecule has 0 aliphatic heterocycles. The molecule has 130 valence electrons. The molecule has 0 aliphatic rings. The van der Waals surface area contributed by atoms with E-state index >= 15 is 0 Å². The van der Waals surface area contributed by atoms with Gasteiger partial charge in [0.05, 0.1) is 14.7 Å². The second kappa shape index (κ2) is 7.90. The van der Waals surface area contributed by atoms with Crippen molar-refractivity contribution >= 4 is 43.8 Å². The average molecular weight is 388 g/mol. The van der Waals surface area contributed by atoms with E-state index in [4.69, 9.17) is 0 Å². The second-order valence-electron chi connectivity index (χ2n) is 4.91. The highest BCUT2D eigenvalue weighted by Gasteiger charge is 2.20. The number of nitro benzene ring substituents is 1. The number of hydrogen-bond donors (Lipinski definition) is 1. The number of rotatable bonds is 8. The average Bonchev–Trinajstić information content (AvgIpc) is 2.94. The Balaban J connectivity index is 2.22. The molecule has 1 heterocycles. The number of sulfone groups is 1. The molecule has 11 heteroatoms. The molecule has 2 rings (SSSR count). The number of nitro groups is 1. The van der Waals surface area contributed by atoms with Gasteiger partial charge in [0.25, 0.3) is 5.69 Å². The van der Waals surface area contributed by atoms with Crippen LogP contribution < -0.4 is 5.32 Å². The van der Waals surface area contributed by atoms with Crippen LogP contribution in [0.15, 0.2) is 32.3 Å². The molecule has 0 saturated heterocycles. The zero-order valence-corrected chi connectivity index (χ0v) is 15.5. The fourth-order valence-corrected chi connectivity index (χ4v) is 4.21. The largest absolute Gasteiger partial charge is 0.360 e. The van der Waals surface area contributed by atoms with Crippen molar-refractivity contribution < 1.29 is 13.3 Å². The number of nitrogens with one attached hydrogen (secondary N) is 1. The van der Waals surface area contributed by atoms with Gasteiger partial charge in [-0.3, -0.25) is 10.1 Å². The Morgan fingerprint density at radius 2 is 2.12 bits per heavy atom. The summed E-state index contributed by atoms with van der Waals surface area (Å²) < 4.78 is 23.6. The van der Waals surface area contributed by atoms with Gasteiger partial charge in [-0.1, -0.05) is 24.7 Å². The Bertz CT molecular complexity index is 835. The molecule has 0 spiro atoms. The molecule has 0 fully saturated rings. The van der Waals surface area contributed by atoms with Crippen LogP contribution in [-0.2, 0) is 9.84 Å². The smallest absolute Gasteiger partial charge is 0.284 e. The third-order valence-electron chi connectivity index (χ3n) is 2.97. The summed E-state index contributed by atoms with van der Waals surface area (Å²) in [5, 5.41) is 23.0. The van der Waals surface area contributed by atoms with Crippen LogP contribution in [0.1, 0.15) is 19.8 Å². The lowest BCUT2D eigenvalue weighted by atomic mass is 10.3. The van der Waals surface area contributed by atoms with Crippen molar-refractivity contribution in [3.63, 3.8) is 0 Å². The molecule has 24 heavy (non-hydrogen) atoms. The normalized spacial score (nSPS) is 11.4. The fraction of sp³-hybridized carbons (Fsp3) is 0.385. The first-order valence-corrected chi connectivity index (χ1v) is 10.6. The van der Waals surface area contributed by atoms with Gasteiger partial charge in [0.15, 0.2) is 14.2 Å². The van der Waals surface area contributed by atoms with E-state index in [0.29, 0.717) is 14.4 Å². The number of aromatic nitrogens is 2. The molecule has 0 bridgehead atoms. The summed E-state index contributed by atoms with van der Waals surface area (Å²) in [5.74, 6) is 0. The Morgan fingerprint density at radius 1 is 1.38 bits per heavy atom. The summed E-state index contributed by atoms with van der Waals surface area (Å²) in [6.45, 7) is 2.88. The van der Waals surface area contributed by atoms with E-state index < -0.39 is 14.8 Å². The quantitative estimate of drug-likeness (QED) is 0.416. The Morgan fingerprint density at radius 3 is 2.75 bits per heavy atom. The molecular formula is C13H16N4O4S3. The number of anilines is 1. The van der Waals surface area contributed by atoms with E-state index in [0.717, 1.165) is 43.5 Å². The highest BCUT2D eigenvalue weighted by molar-refractivity contribution is 8.01. The van der Waals surface area contributed by atoms with Crippen molar-refractivity contribution in [2.75, 3.05) is 18.1 Å². The van der Waals surface area contributed by atoms with Gasteiger partial charge in [-0.25, -0.2) is 8.42 Å². The highest BCUT2D eigenvalue weighted by Crippen LogP contribution is 2.38. The minimum absolute atomic E-state index is 0.0854. The van der Waals surface area contributed by atoms with Crippen LogP contribution in [0.4, 0.5) is 10.8 Å². The first-order chi connectivity index (χ1) is 11.3. The van der Waals surface area contributed by atoms with Gasteiger partial charge in [0.2, 0.25) is 5.13 Å². The zero-order valence-electron chi connectivity index (χ0n) is 13.1. The predicted molar refractivity (Wildman–Crippen MR) is 93.6 cm³/mol. The molecule has 1 N–H and O–H groups in total. The minimum atomic E-state index is -3.51. The molecular weight excluding hydrogens is 372 g/mol. The maximum absolute atomic E-state index is 11.5. The number of nitrogens with zero attached hydrogens (tertiary/aromatic N) is 3. The predicted octanol–water partition coefficient (Wildman–Crippen LogP) is 3.21. The molecule has 1 aromatic heterocycles. The van der Waals surface area contributed by atoms with Crippen molar-refractivity contribution in [1.82, 2.24) is 10.2 Å². The van der Waals surface area contributed by atoms with Crippen LogP contribution in [0, 0.1) is 10.1 Å². The summed E-state index contributed by atoms with van der Waals surface area (Å²) in [6, 6.07) is 3.84. The van der Waals surface area contributed by atoms with Crippen LogP contribution >= 0.6 is 23.1 Å². The first-order valence-electron chi connectivity index (χ1n) is 7.05. The maximum atomic E-state index is 11.5. The van der Waals surface area contributed by atoms with E-state index in [1.54, 1.807) is 0 Å². The van der Waals surface area contributed by atoms with Gasteiger partial charge in [-0.2, -0.15) is 0 Å². The maximum Gasteiger partial charge on any atom is 0.284 e. The van der Waals surface area contributed by atoms with Crippen LogP contribution in [0.5, 0.6) is 0 Å². The van der Waals surface area contributed by atoms with Crippen LogP contribution in [0.2, 0.25) is 0 Å². The zero-order chi connectivity index (χ0) is 17.7. The van der Waals surface area contributed by atoms with Crippen molar-refractivity contribution in [2.45, 2.75) is 33.9 Å². The molecule has 0 amide bonds. The summed E-state index contributed by atoms with van der Waals surface area (Å²) in [4.78, 5) is 10.9. The highest BCUT2D eigenvalue weighted by atomic mass is 32.2. The lowest BCUT2D eigenvalue weighted by Crippen LogP contribution is -1.99. The lowest BCUT2D eigenvalue weighted by Gasteiger charge is -2.03. The Hall–Kier alpha value is -1.72. The van der Waals surface area contributed by atoms with Gasteiger partial charge >= 0.3 is 0 Å². The van der Waals surface area contributed by atoms with E-state index in [2.05, 4.69) is 22.4 Å². The standard InChI is InChI=1S/C13H16N4O4S3/c1-3-4-7-14-12-15-16-13(23-12)22-11-6-5-9(24(2,20)21)8-10(11)17(18)19/h5-6,8H,3-4,7H2,1-2H3,(H,14,15). The molecule has 8 nitrogen and oxygen atoms in total. The number of benzene rings is 1. The van der Waals surface area contributed by atoms with Crippen LogP contribution in [-0.4, -0.2) is 36.3 Å². The molecule has 1 aromatic carbocycles. The van der Waals surface area contributed by atoms with Gasteiger partial charge in [-0.05, 0) is 30.3 Å². The lowest BCUT2D eigenvalue weighted by molar-refractivity contribution is -0.388. The molecule has 0 saturated carbocycles. The van der Waals surface area contributed by atoms with E-state index in [1.807, 2.05) is 0 Å². The molecule has 0 atom stereocenters. The summed E-state index contributed by atoms with van der Waals surface area (Å²) in [7, 11) is -3.51. The molecule has 0 aliphatic carbocycles. The fourth-order valence-electron chi connectivity index (χ4n) is 1.75. The summed E-state index contributed by atoms with van der Waals surface area (Å²) >= 11 is 2.39. The number of hydrogen-bond acceptors (Lipinski definition) is 9. The van der Waals surface area contributed by atoms with Gasteiger partial charge in [0, 0.05) is 18.9 Å². The van der Waals surface area contributed by atoms with E-state index in [1.165, 1.54) is 23.5 Å². The Labute approximate surface area is 147 Å². The second-order valence-corrected chi connectivity index (χ2v) is 9.20. The SMILES string of the molecule is CCCCNc1nnc(Sc2ccc(S(C)(=O)=O)cc2[N+](=O)[O-])s1. The minimum Gasteiger partial charge on any atom is -0.360 e.